The minimum Gasteiger partial charge on any atom is -0.481 e. The lowest BCUT2D eigenvalue weighted by atomic mass is 9.69. The van der Waals surface area contributed by atoms with Gasteiger partial charge < -0.3 is 10.1 Å². The Morgan fingerprint density at radius 1 is 1.38 bits per heavy atom. The summed E-state index contributed by atoms with van der Waals surface area (Å²) >= 11 is 0. The van der Waals surface area contributed by atoms with E-state index >= 15 is 0 Å². The molecular formula is C17H29N3O. The van der Waals surface area contributed by atoms with Crippen molar-refractivity contribution in [2.45, 2.75) is 59.5 Å². The predicted octanol–water partition coefficient (Wildman–Crippen LogP) is 3.04. The van der Waals surface area contributed by atoms with Gasteiger partial charge in [0.15, 0.2) is 0 Å². The van der Waals surface area contributed by atoms with Crippen LogP contribution < -0.4 is 10.1 Å². The molecule has 2 aliphatic rings. The van der Waals surface area contributed by atoms with E-state index in [1.54, 1.807) is 7.11 Å². The van der Waals surface area contributed by atoms with Crippen LogP contribution in [0.2, 0.25) is 0 Å². The van der Waals surface area contributed by atoms with Crippen LogP contribution >= 0.6 is 0 Å². The lowest BCUT2D eigenvalue weighted by molar-refractivity contribution is 0.120. The number of aromatic nitrogens is 2. The van der Waals surface area contributed by atoms with E-state index < -0.39 is 0 Å². The molecule has 0 spiro atoms. The number of hydrogen-bond donors (Lipinski definition) is 1. The van der Waals surface area contributed by atoms with Gasteiger partial charge in [-0.2, -0.15) is 5.10 Å². The maximum absolute atomic E-state index is 5.50. The average Bonchev–Trinajstić information content (AvgIpc) is 2.89. The Hall–Kier alpha value is -1.03. The molecule has 118 valence electrons. The van der Waals surface area contributed by atoms with E-state index in [1.807, 2.05) is 11.7 Å². The standard InChI is InChI=1S/C17H29N3O/c1-11-13(15(21-6)20(5)19-11)10-18-14-9-12-7-8-17(14,4)16(12,2)3/h12,14,18H,7-10H2,1-6H3. The van der Waals surface area contributed by atoms with Crippen molar-refractivity contribution in [3.63, 3.8) is 0 Å². The van der Waals surface area contributed by atoms with Gasteiger partial charge in [0.05, 0.1) is 18.4 Å². The topological polar surface area (TPSA) is 39.1 Å². The van der Waals surface area contributed by atoms with Crippen LogP contribution in [-0.4, -0.2) is 22.9 Å². The zero-order valence-corrected chi connectivity index (χ0v) is 14.3. The SMILES string of the molecule is COc1c(CNC2CC3CCC2(C)C3(C)C)c(C)nn1C. The highest BCUT2D eigenvalue weighted by atomic mass is 16.5. The van der Waals surface area contributed by atoms with E-state index in [9.17, 15) is 0 Å². The maximum atomic E-state index is 5.50. The molecule has 2 fully saturated rings. The second-order valence-corrected chi connectivity index (χ2v) is 7.74. The van der Waals surface area contributed by atoms with Crippen LogP contribution in [0, 0.1) is 23.7 Å². The summed E-state index contributed by atoms with van der Waals surface area (Å²) in [6.45, 7) is 10.3. The summed E-state index contributed by atoms with van der Waals surface area (Å²) in [7, 11) is 3.67. The first-order valence-corrected chi connectivity index (χ1v) is 8.11. The van der Waals surface area contributed by atoms with Crippen LogP contribution in [0.1, 0.15) is 51.3 Å². The van der Waals surface area contributed by atoms with Gasteiger partial charge in [-0.05, 0) is 42.9 Å². The second-order valence-electron chi connectivity index (χ2n) is 7.74. The molecule has 4 nitrogen and oxygen atoms in total. The fraction of sp³-hybridized carbons (Fsp3) is 0.824. The molecule has 1 N–H and O–H groups in total. The molecule has 3 rings (SSSR count). The Morgan fingerprint density at radius 3 is 2.62 bits per heavy atom. The Morgan fingerprint density at radius 2 is 2.10 bits per heavy atom. The minimum atomic E-state index is 0.418. The van der Waals surface area contributed by atoms with E-state index in [2.05, 4.69) is 38.1 Å². The molecule has 3 unspecified atom stereocenters. The molecule has 2 bridgehead atoms. The molecule has 0 saturated heterocycles. The van der Waals surface area contributed by atoms with Crippen molar-refractivity contribution in [3.8, 4) is 5.88 Å². The van der Waals surface area contributed by atoms with Gasteiger partial charge in [0, 0.05) is 19.6 Å². The highest BCUT2D eigenvalue weighted by Crippen LogP contribution is 2.65. The first-order chi connectivity index (χ1) is 9.81. The van der Waals surface area contributed by atoms with Gasteiger partial charge in [0.2, 0.25) is 5.88 Å². The fourth-order valence-electron chi connectivity index (χ4n) is 4.88. The summed E-state index contributed by atoms with van der Waals surface area (Å²) in [5, 5.41) is 8.29. The molecule has 2 saturated carbocycles. The number of ether oxygens (including phenoxy) is 1. The lowest BCUT2D eigenvalue weighted by Crippen LogP contribution is -2.44. The Kier molecular flexibility index (Phi) is 3.36. The Labute approximate surface area is 128 Å². The number of rotatable bonds is 4. The van der Waals surface area contributed by atoms with Crippen molar-refractivity contribution >= 4 is 0 Å². The van der Waals surface area contributed by atoms with Crippen LogP contribution in [0.15, 0.2) is 0 Å². The Bertz CT molecular complexity index is 548. The third-order valence-corrected chi connectivity index (χ3v) is 6.80. The molecule has 4 heteroatoms. The third-order valence-electron chi connectivity index (χ3n) is 6.80. The molecule has 0 aromatic carbocycles. The van der Waals surface area contributed by atoms with Crippen molar-refractivity contribution in [2.75, 3.05) is 7.11 Å². The first kappa shape index (κ1) is 14.9. The maximum Gasteiger partial charge on any atom is 0.216 e. The second kappa shape index (κ2) is 4.73. The van der Waals surface area contributed by atoms with Gasteiger partial charge in [-0.3, -0.25) is 0 Å². The van der Waals surface area contributed by atoms with Crippen LogP contribution in [-0.2, 0) is 13.6 Å². The number of hydrogen-bond acceptors (Lipinski definition) is 3. The van der Waals surface area contributed by atoms with Crippen molar-refractivity contribution < 1.29 is 4.74 Å². The van der Waals surface area contributed by atoms with E-state index in [0.29, 0.717) is 16.9 Å². The molecule has 3 atom stereocenters. The Balaban J connectivity index is 1.76. The van der Waals surface area contributed by atoms with Crippen molar-refractivity contribution in [1.82, 2.24) is 15.1 Å². The van der Waals surface area contributed by atoms with E-state index in [1.165, 1.54) is 24.8 Å². The lowest BCUT2D eigenvalue weighted by Gasteiger charge is -2.39. The smallest absolute Gasteiger partial charge is 0.216 e. The van der Waals surface area contributed by atoms with Gasteiger partial charge >= 0.3 is 0 Å². The van der Waals surface area contributed by atoms with Crippen LogP contribution in [0.5, 0.6) is 5.88 Å². The van der Waals surface area contributed by atoms with Crippen molar-refractivity contribution in [2.24, 2.45) is 23.8 Å². The molecule has 21 heavy (non-hydrogen) atoms. The van der Waals surface area contributed by atoms with Gasteiger partial charge in [-0.1, -0.05) is 20.8 Å². The summed E-state index contributed by atoms with van der Waals surface area (Å²) in [4.78, 5) is 0. The number of methoxy groups -OCH3 is 1. The molecule has 1 aromatic rings. The molecule has 1 heterocycles. The molecule has 0 aliphatic heterocycles. The predicted molar refractivity (Wildman–Crippen MR) is 84.4 cm³/mol. The highest BCUT2D eigenvalue weighted by Gasteiger charge is 2.60. The normalized spacial score (nSPS) is 33.6. The van der Waals surface area contributed by atoms with Gasteiger partial charge in [-0.25, -0.2) is 4.68 Å². The molecule has 1 aromatic heterocycles. The minimum absolute atomic E-state index is 0.418. The molecule has 0 amide bonds. The van der Waals surface area contributed by atoms with E-state index in [0.717, 1.165) is 24.0 Å². The zero-order chi connectivity index (χ0) is 15.4. The van der Waals surface area contributed by atoms with E-state index in [4.69, 9.17) is 4.74 Å². The summed E-state index contributed by atoms with van der Waals surface area (Å²) in [6.07, 6.45) is 4.06. The summed E-state index contributed by atoms with van der Waals surface area (Å²) in [6, 6.07) is 0.607. The summed E-state index contributed by atoms with van der Waals surface area (Å²) < 4.78 is 7.33. The quantitative estimate of drug-likeness (QED) is 0.926. The first-order valence-electron chi connectivity index (χ1n) is 8.11. The highest BCUT2D eigenvalue weighted by molar-refractivity contribution is 5.31. The number of fused-ring (bicyclic) bond motifs is 2. The van der Waals surface area contributed by atoms with Gasteiger partial charge in [-0.15, -0.1) is 0 Å². The number of nitrogens with zero attached hydrogens (tertiary/aromatic N) is 2. The van der Waals surface area contributed by atoms with Crippen molar-refractivity contribution in [3.05, 3.63) is 11.3 Å². The molecular weight excluding hydrogens is 262 g/mol. The summed E-state index contributed by atoms with van der Waals surface area (Å²) in [5.41, 5.74) is 3.14. The number of nitrogens with one attached hydrogen (secondary N) is 1. The number of aryl methyl sites for hydroxylation is 2. The summed E-state index contributed by atoms with van der Waals surface area (Å²) in [5.74, 6) is 1.75. The van der Waals surface area contributed by atoms with Crippen LogP contribution in [0.25, 0.3) is 0 Å². The third kappa shape index (κ3) is 1.95. The average molecular weight is 291 g/mol. The van der Waals surface area contributed by atoms with Gasteiger partial charge in [0.25, 0.3) is 0 Å². The zero-order valence-electron chi connectivity index (χ0n) is 14.3. The fourth-order valence-corrected chi connectivity index (χ4v) is 4.88. The molecule has 0 radical (unpaired) electrons. The largest absolute Gasteiger partial charge is 0.481 e. The van der Waals surface area contributed by atoms with E-state index in [-0.39, 0.29) is 0 Å². The van der Waals surface area contributed by atoms with Crippen molar-refractivity contribution in [1.29, 1.82) is 0 Å². The monoisotopic (exact) mass is 291 g/mol. The van der Waals surface area contributed by atoms with Gasteiger partial charge in [0.1, 0.15) is 0 Å². The van der Waals surface area contributed by atoms with Crippen LogP contribution in [0.3, 0.4) is 0 Å². The van der Waals surface area contributed by atoms with Crippen LogP contribution in [0.4, 0.5) is 0 Å². The molecule has 2 aliphatic carbocycles.